The van der Waals surface area contributed by atoms with Crippen LogP contribution in [0.15, 0.2) is 57.4 Å². The minimum absolute atomic E-state index is 0.121. The number of oxazole rings is 2. The Morgan fingerprint density at radius 1 is 0.667 bits per heavy atom. The van der Waals surface area contributed by atoms with Crippen molar-refractivity contribution in [2.45, 2.75) is 37.8 Å². The monoisotopic (exact) mass is 654 g/mol. The standard InChI is InChI=1S/C34H34N6O8/c41-29(47-33-37-23-15-21(1-3-27(23)45-33)31(43)35-25-17-39-11-7-19(25)8-12-39)5-6-30(42)48-34-38-24-16-22(2-4-28(24)46-34)32(44)36-26-18-40-13-9-20(26)10-14-40/h1-6,15-16,19-20,25-26H,7-14,17-18H2,(H,35,43)(H,36,44)/b6-5+/t25-,26-/m0/s1. The molecule has 2 N–H and O–H groups in total. The first kappa shape index (κ1) is 30.3. The maximum Gasteiger partial charge on any atom is 0.402 e. The summed E-state index contributed by atoms with van der Waals surface area (Å²) < 4.78 is 21.2. The summed E-state index contributed by atoms with van der Waals surface area (Å²) in [5.41, 5.74) is 2.20. The number of nitrogens with one attached hydrogen (secondary N) is 2. The average Bonchev–Trinajstić information content (AvgIpc) is 3.70. The van der Waals surface area contributed by atoms with Gasteiger partial charge in [0.1, 0.15) is 11.0 Å². The summed E-state index contributed by atoms with van der Waals surface area (Å²) in [4.78, 5) is 63.6. The maximum absolute atomic E-state index is 12.9. The van der Waals surface area contributed by atoms with Gasteiger partial charge in [0.2, 0.25) is 0 Å². The van der Waals surface area contributed by atoms with Gasteiger partial charge in [-0.3, -0.25) is 9.59 Å². The molecule has 6 saturated heterocycles. The number of piperidine rings is 6. The predicted octanol–water partition coefficient (Wildman–Crippen LogP) is 2.68. The zero-order valence-electron chi connectivity index (χ0n) is 26.1. The first-order valence-electron chi connectivity index (χ1n) is 16.3. The summed E-state index contributed by atoms with van der Waals surface area (Å²) >= 11 is 0. The van der Waals surface area contributed by atoms with Crippen LogP contribution in [0.25, 0.3) is 22.2 Å². The lowest BCUT2D eigenvalue weighted by molar-refractivity contribution is -0.133. The van der Waals surface area contributed by atoms with E-state index in [0.717, 1.165) is 77.1 Å². The molecule has 0 radical (unpaired) electrons. The Kier molecular flexibility index (Phi) is 7.89. The van der Waals surface area contributed by atoms with E-state index >= 15 is 0 Å². The number of hydrogen-bond donors (Lipinski definition) is 2. The van der Waals surface area contributed by atoms with E-state index in [-0.39, 0.29) is 36.1 Å². The van der Waals surface area contributed by atoms with Gasteiger partial charge in [-0.2, -0.15) is 9.97 Å². The van der Waals surface area contributed by atoms with Crippen LogP contribution in [0.2, 0.25) is 0 Å². The molecule has 0 unspecified atom stereocenters. The molecule has 2 atom stereocenters. The van der Waals surface area contributed by atoms with Gasteiger partial charge in [-0.1, -0.05) is 0 Å². The average molecular weight is 655 g/mol. The summed E-state index contributed by atoms with van der Waals surface area (Å²) in [6.07, 6.45) is 5.39. The van der Waals surface area contributed by atoms with Gasteiger partial charge in [0.15, 0.2) is 11.2 Å². The van der Waals surface area contributed by atoms with Crippen molar-refractivity contribution in [1.29, 1.82) is 0 Å². The molecule has 0 saturated carbocycles. The van der Waals surface area contributed by atoms with E-state index in [0.29, 0.717) is 45.2 Å². The number of aromatic nitrogens is 2. The van der Waals surface area contributed by atoms with Gasteiger partial charge in [0, 0.05) is 48.5 Å². The number of carbonyl (C=O) groups is 4. The molecular formula is C34H34N6O8. The van der Waals surface area contributed by atoms with Gasteiger partial charge in [-0.25, -0.2) is 9.59 Å². The Hall–Kier alpha value is -5.08. The molecule has 2 amide bonds. The maximum atomic E-state index is 12.9. The molecule has 6 aliphatic heterocycles. The summed E-state index contributed by atoms with van der Waals surface area (Å²) in [6, 6.07) is 9.84. The van der Waals surface area contributed by atoms with Crippen molar-refractivity contribution >= 4 is 46.0 Å². The van der Waals surface area contributed by atoms with Crippen LogP contribution >= 0.6 is 0 Å². The van der Waals surface area contributed by atoms with Crippen molar-refractivity contribution in [3.05, 3.63) is 59.7 Å². The van der Waals surface area contributed by atoms with Crippen molar-refractivity contribution < 1.29 is 37.5 Å². The van der Waals surface area contributed by atoms with Gasteiger partial charge in [-0.15, -0.1) is 0 Å². The minimum Gasteiger partial charge on any atom is -0.409 e. The fraction of sp³-hybridized carbons (Fsp3) is 0.412. The summed E-state index contributed by atoms with van der Waals surface area (Å²) in [5, 5.41) is 6.28. The lowest BCUT2D eigenvalue weighted by Gasteiger charge is -2.44. The van der Waals surface area contributed by atoms with E-state index in [9.17, 15) is 19.2 Å². The molecular weight excluding hydrogens is 620 g/mol. The van der Waals surface area contributed by atoms with E-state index in [2.05, 4.69) is 30.4 Å². The van der Waals surface area contributed by atoms with Crippen LogP contribution in [0.3, 0.4) is 0 Å². The number of ether oxygens (including phenoxy) is 2. The number of esters is 2. The second kappa shape index (κ2) is 12.5. The van der Waals surface area contributed by atoms with Crippen LogP contribution in [-0.2, 0) is 9.59 Å². The van der Waals surface area contributed by atoms with Crippen LogP contribution in [0.5, 0.6) is 12.2 Å². The topological polar surface area (TPSA) is 169 Å². The molecule has 2 aromatic carbocycles. The molecule has 14 heteroatoms. The molecule has 6 aliphatic rings. The van der Waals surface area contributed by atoms with E-state index in [1.165, 1.54) is 0 Å². The zero-order chi connectivity index (χ0) is 32.8. The second-order valence-electron chi connectivity index (χ2n) is 12.9. The zero-order valence-corrected chi connectivity index (χ0v) is 26.1. The molecule has 4 bridgehead atoms. The summed E-state index contributed by atoms with van der Waals surface area (Å²) in [7, 11) is 0. The highest BCUT2D eigenvalue weighted by atomic mass is 16.6. The fourth-order valence-electron chi connectivity index (χ4n) is 7.32. The van der Waals surface area contributed by atoms with E-state index in [4.69, 9.17) is 18.3 Å². The Morgan fingerprint density at radius 2 is 1.08 bits per heavy atom. The largest absolute Gasteiger partial charge is 0.409 e. The lowest BCUT2D eigenvalue weighted by atomic mass is 9.84. The summed E-state index contributed by atoms with van der Waals surface area (Å²) in [5.74, 6) is -1.27. The Labute approximate surface area is 274 Å². The minimum atomic E-state index is -0.935. The highest BCUT2D eigenvalue weighted by Gasteiger charge is 2.36. The van der Waals surface area contributed by atoms with Crippen molar-refractivity contribution in [3.8, 4) is 12.2 Å². The van der Waals surface area contributed by atoms with Crippen molar-refractivity contribution in [2.75, 3.05) is 39.3 Å². The molecule has 48 heavy (non-hydrogen) atoms. The Balaban J connectivity index is 0.847. The van der Waals surface area contributed by atoms with Gasteiger partial charge in [0.05, 0.1) is 0 Å². The Bertz CT molecular complexity index is 1800. The summed E-state index contributed by atoms with van der Waals surface area (Å²) in [6.45, 7) is 6.06. The van der Waals surface area contributed by atoms with Crippen molar-refractivity contribution in [3.63, 3.8) is 0 Å². The molecule has 2 aromatic heterocycles. The highest BCUT2D eigenvalue weighted by molar-refractivity contribution is 5.98. The number of benzene rings is 2. The van der Waals surface area contributed by atoms with Crippen LogP contribution in [0.1, 0.15) is 46.4 Å². The van der Waals surface area contributed by atoms with E-state index in [1.54, 1.807) is 36.4 Å². The quantitative estimate of drug-likeness (QED) is 0.211. The third-order valence-corrected chi connectivity index (χ3v) is 9.94. The third-order valence-electron chi connectivity index (χ3n) is 9.94. The molecule has 14 nitrogen and oxygen atoms in total. The highest BCUT2D eigenvalue weighted by Crippen LogP contribution is 2.30. The molecule has 8 heterocycles. The molecule has 10 rings (SSSR count). The van der Waals surface area contributed by atoms with Gasteiger partial charge >= 0.3 is 24.1 Å². The SMILES string of the molecule is O=C(/C=C/C(=O)Oc1nc2cc(C(=O)N[C@H]3CN4CCC3CC4)ccc2o1)Oc1nc2cc(C(=O)N[C@H]3CN4CCC3CC4)ccc2o1. The number of nitrogens with zero attached hydrogens (tertiary/aromatic N) is 4. The molecule has 0 aliphatic carbocycles. The number of fused-ring (bicyclic) bond motifs is 8. The van der Waals surface area contributed by atoms with Crippen molar-refractivity contribution in [1.82, 2.24) is 30.4 Å². The van der Waals surface area contributed by atoms with Crippen LogP contribution < -0.4 is 20.1 Å². The normalized spacial score (nSPS) is 26.2. The van der Waals surface area contributed by atoms with Crippen LogP contribution in [0.4, 0.5) is 0 Å². The van der Waals surface area contributed by atoms with Crippen LogP contribution in [-0.4, -0.2) is 94.9 Å². The number of carbonyl (C=O) groups excluding carboxylic acids is 4. The second-order valence-corrected chi connectivity index (χ2v) is 12.9. The van der Waals surface area contributed by atoms with Crippen LogP contribution in [0, 0.1) is 11.8 Å². The van der Waals surface area contributed by atoms with Gasteiger partial charge in [-0.05, 0) is 100 Å². The predicted molar refractivity (Wildman–Crippen MR) is 169 cm³/mol. The fourth-order valence-corrected chi connectivity index (χ4v) is 7.32. The Morgan fingerprint density at radius 3 is 1.46 bits per heavy atom. The first-order chi connectivity index (χ1) is 23.3. The van der Waals surface area contributed by atoms with E-state index in [1.807, 2.05) is 0 Å². The van der Waals surface area contributed by atoms with Gasteiger partial charge in [0.25, 0.3) is 11.8 Å². The first-order valence-corrected chi connectivity index (χ1v) is 16.3. The third kappa shape index (κ3) is 6.28. The van der Waals surface area contributed by atoms with Crippen molar-refractivity contribution in [2.24, 2.45) is 11.8 Å². The number of hydrogen-bond acceptors (Lipinski definition) is 12. The molecule has 0 spiro atoms. The molecule has 4 aromatic rings. The smallest absolute Gasteiger partial charge is 0.402 e. The molecule has 248 valence electrons. The number of amides is 2. The number of rotatable bonds is 8. The van der Waals surface area contributed by atoms with Gasteiger partial charge < -0.3 is 38.7 Å². The van der Waals surface area contributed by atoms with E-state index < -0.39 is 11.9 Å². The molecule has 6 fully saturated rings. The lowest BCUT2D eigenvalue weighted by Crippen LogP contribution is -2.57.